The molecule has 2 aromatic rings. The van der Waals surface area contributed by atoms with E-state index in [1.54, 1.807) is 0 Å². The Balaban J connectivity index is 1.49. The van der Waals surface area contributed by atoms with Gasteiger partial charge in [-0.2, -0.15) is 0 Å². The number of aromatic nitrogens is 2. The number of rotatable bonds is 6. The summed E-state index contributed by atoms with van der Waals surface area (Å²) in [6, 6.07) is 7.92. The molecule has 2 atom stereocenters. The summed E-state index contributed by atoms with van der Waals surface area (Å²) in [5.41, 5.74) is 1.83. The van der Waals surface area contributed by atoms with Crippen LogP contribution >= 0.6 is 11.6 Å². The maximum Gasteiger partial charge on any atom is 0.233 e. The number of fused-ring (bicyclic) bond motifs is 1. The van der Waals surface area contributed by atoms with Crippen molar-refractivity contribution in [2.24, 2.45) is 0 Å². The molecule has 1 N–H and O–H groups in total. The molecule has 2 aliphatic heterocycles. The van der Waals surface area contributed by atoms with Crippen LogP contribution in [0.2, 0.25) is 5.02 Å². The number of carbonyl (C=O) groups excluding carboxylic acids is 2. The van der Waals surface area contributed by atoms with E-state index in [0.29, 0.717) is 49.6 Å². The second kappa shape index (κ2) is 9.65. The number of likely N-dealkylation sites (N-methyl/N-ethyl adjacent to an activating group) is 1. The Kier molecular flexibility index (Phi) is 6.86. The Morgan fingerprint density at radius 3 is 2.48 bits per heavy atom. The van der Waals surface area contributed by atoms with Gasteiger partial charge in [-0.15, -0.1) is 0 Å². The van der Waals surface area contributed by atoms with Crippen molar-refractivity contribution >= 4 is 35.1 Å². The molecule has 1 aromatic heterocycles. The van der Waals surface area contributed by atoms with Crippen LogP contribution < -0.4 is 10.2 Å². The fourth-order valence-electron chi connectivity index (χ4n) is 4.37. The molecular formula is C24H31ClN6O2. The molecule has 1 fully saturated rings. The maximum absolute atomic E-state index is 13.6. The van der Waals surface area contributed by atoms with Crippen LogP contribution in [0, 0.1) is 0 Å². The van der Waals surface area contributed by atoms with E-state index in [1.807, 2.05) is 43.1 Å². The third-order valence-electron chi connectivity index (χ3n) is 6.74. The van der Waals surface area contributed by atoms with Gasteiger partial charge in [-0.05, 0) is 45.5 Å². The summed E-state index contributed by atoms with van der Waals surface area (Å²) >= 11 is 6.09. The third kappa shape index (κ3) is 4.82. The van der Waals surface area contributed by atoms with Crippen LogP contribution in [-0.4, -0.2) is 77.4 Å². The van der Waals surface area contributed by atoms with E-state index in [4.69, 9.17) is 11.6 Å². The SMILES string of the molecule is CC1C(=O)Nc2ncnc(N3CCN(C(=O)[C@H](CN(C)C(C)C)c4ccc(Cl)cc4)CC3)c21. The van der Waals surface area contributed by atoms with Crippen LogP contribution in [0.4, 0.5) is 11.6 Å². The molecule has 4 rings (SSSR count). The first-order valence-electron chi connectivity index (χ1n) is 11.4. The van der Waals surface area contributed by atoms with Gasteiger partial charge in [0.05, 0.1) is 11.8 Å². The summed E-state index contributed by atoms with van der Waals surface area (Å²) in [6.07, 6.45) is 1.49. The number of piperazine rings is 1. The van der Waals surface area contributed by atoms with Gasteiger partial charge in [0, 0.05) is 49.4 Å². The number of nitrogens with zero attached hydrogens (tertiary/aromatic N) is 5. The molecule has 0 saturated carbocycles. The maximum atomic E-state index is 13.6. The lowest BCUT2D eigenvalue weighted by atomic mass is 9.96. The minimum absolute atomic E-state index is 0.0550. The lowest BCUT2D eigenvalue weighted by Gasteiger charge is -2.38. The number of halogens is 1. The second-order valence-corrected chi connectivity index (χ2v) is 9.56. The molecule has 2 amide bonds. The largest absolute Gasteiger partial charge is 0.353 e. The lowest BCUT2D eigenvalue weighted by molar-refractivity contribution is -0.133. The topological polar surface area (TPSA) is 81.7 Å². The summed E-state index contributed by atoms with van der Waals surface area (Å²) in [4.78, 5) is 40.7. The van der Waals surface area contributed by atoms with Gasteiger partial charge in [-0.3, -0.25) is 9.59 Å². The van der Waals surface area contributed by atoms with Crippen molar-refractivity contribution in [3.05, 3.63) is 46.7 Å². The number of hydrogen-bond acceptors (Lipinski definition) is 6. The molecule has 0 aliphatic carbocycles. The molecule has 176 valence electrons. The van der Waals surface area contributed by atoms with Crippen LogP contribution in [0.1, 0.15) is 43.7 Å². The fourth-order valence-corrected chi connectivity index (χ4v) is 4.50. The van der Waals surface area contributed by atoms with E-state index in [-0.39, 0.29) is 23.7 Å². The summed E-state index contributed by atoms with van der Waals surface area (Å²) in [5, 5.41) is 3.48. The summed E-state index contributed by atoms with van der Waals surface area (Å²) in [6.45, 7) is 9.28. The summed E-state index contributed by atoms with van der Waals surface area (Å²) in [7, 11) is 2.05. The number of hydrogen-bond donors (Lipinski definition) is 1. The summed E-state index contributed by atoms with van der Waals surface area (Å²) in [5.74, 6) is 0.911. The molecule has 1 aromatic carbocycles. The van der Waals surface area contributed by atoms with Crippen molar-refractivity contribution < 1.29 is 9.59 Å². The Morgan fingerprint density at radius 1 is 1.18 bits per heavy atom. The van der Waals surface area contributed by atoms with E-state index < -0.39 is 0 Å². The Bertz CT molecular complexity index is 1020. The van der Waals surface area contributed by atoms with Crippen molar-refractivity contribution in [3.8, 4) is 0 Å². The molecule has 2 aliphatic rings. The zero-order valence-electron chi connectivity index (χ0n) is 19.6. The number of anilines is 2. The summed E-state index contributed by atoms with van der Waals surface area (Å²) < 4.78 is 0. The van der Waals surface area contributed by atoms with Gasteiger partial charge in [0.25, 0.3) is 0 Å². The molecule has 33 heavy (non-hydrogen) atoms. The van der Waals surface area contributed by atoms with Gasteiger partial charge < -0.3 is 20.0 Å². The van der Waals surface area contributed by atoms with Gasteiger partial charge in [0.1, 0.15) is 18.0 Å². The molecule has 1 unspecified atom stereocenters. The number of benzene rings is 1. The Hall–Kier alpha value is -2.71. The van der Waals surface area contributed by atoms with E-state index in [0.717, 1.165) is 16.9 Å². The van der Waals surface area contributed by atoms with Crippen LogP contribution in [0.3, 0.4) is 0 Å². The highest BCUT2D eigenvalue weighted by molar-refractivity contribution is 6.30. The first kappa shape index (κ1) is 23.4. The molecule has 0 spiro atoms. The van der Waals surface area contributed by atoms with Gasteiger partial charge in [0.2, 0.25) is 11.8 Å². The minimum Gasteiger partial charge on any atom is -0.353 e. The molecule has 0 radical (unpaired) electrons. The van der Waals surface area contributed by atoms with Gasteiger partial charge in [-0.25, -0.2) is 9.97 Å². The van der Waals surface area contributed by atoms with Crippen LogP contribution in [0.25, 0.3) is 0 Å². The highest BCUT2D eigenvalue weighted by Crippen LogP contribution is 2.37. The normalized spacial score (nSPS) is 19.1. The first-order valence-corrected chi connectivity index (χ1v) is 11.8. The average molecular weight is 471 g/mol. The molecule has 0 bridgehead atoms. The van der Waals surface area contributed by atoms with Gasteiger partial charge in [0.15, 0.2) is 0 Å². The predicted molar refractivity (Wildman–Crippen MR) is 130 cm³/mol. The lowest BCUT2D eigenvalue weighted by Crippen LogP contribution is -2.51. The van der Waals surface area contributed by atoms with Crippen LogP contribution in [0.5, 0.6) is 0 Å². The van der Waals surface area contributed by atoms with Crippen LogP contribution in [-0.2, 0) is 9.59 Å². The number of carbonyl (C=O) groups is 2. The van der Waals surface area contributed by atoms with E-state index >= 15 is 0 Å². The van der Waals surface area contributed by atoms with Gasteiger partial charge >= 0.3 is 0 Å². The standard InChI is InChI=1S/C24H31ClN6O2/c1-15(2)29(4)13-19(17-5-7-18(25)8-6-17)24(33)31-11-9-30(10-12-31)22-20-16(3)23(32)28-21(20)26-14-27-22/h5-8,14-16,19H,9-13H2,1-4H3,(H,26,27,28,32)/t16?,19-/m1/s1. The molecule has 8 nitrogen and oxygen atoms in total. The highest BCUT2D eigenvalue weighted by atomic mass is 35.5. The fraction of sp³-hybridized carbons (Fsp3) is 0.500. The average Bonchev–Trinajstić information content (AvgIpc) is 3.11. The number of nitrogens with one attached hydrogen (secondary N) is 1. The zero-order valence-corrected chi connectivity index (χ0v) is 20.3. The zero-order chi connectivity index (χ0) is 23.7. The highest BCUT2D eigenvalue weighted by Gasteiger charge is 2.35. The van der Waals surface area contributed by atoms with E-state index in [1.165, 1.54) is 6.33 Å². The van der Waals surface area contributed by atoms with Gasteiger partial charge in [-0.1, -0.05) is 23.7 Å². The second-order valence-electron chi connectivity index (χ2n) is 9.12. The quantitative estimate of drug-likeness (QED) is 0.699. The van der Waals surface area contributed by atoms with Crippen molar-refractivity contribution in [2.45, 2.75) is 38.6 Å². The predicted octanol–water partition coefficient (Wildman–Crippen LogP) is 2.96. The number of amides is 2. The van der Waals surface area contributed by atoms with Crippen molar-refractivity contribution in [2.75, 3.05) is 50.0 Å². The molecule has 9 heteroatoms. The molecule has 1 saturated heterocycles. The van der Waals surface area contributed by atoms with E-state index in [9.17, 15) is 9.59 Å². The first-order chi connectivity index (χ1) is 15.8. The molecular weight excluding hydrogens is 440 g/mol. The smallest absolute Gasteiger partial charge is 0.233 e. The van der Waals surface area contributed by atoms with Crippen LogP contribution in [0.15, 0.2) is 30.6 Å². The Morgan fingerprint density at radius 2 is 1.85 bits per heavy atom. The third-order valence-corrected chi connectivity index (χ3v) is 7.00. The monoisotopic (exact) mass is 470 g/mol. The molecule has 3 heterocycles. The van der Waals surface area contributed by atoms with Crippen molar-refractivity contribution in [3.63, 3.8) is 0 Å². The van der Waals surface area contributed by atoms with E-state index in [2.05, 4.69) is 38.9 Å². The Labute approximate surface area is 199 Å². The van der Waals surface area contributed by atoms with Crippen molar-refractivity contribution in [1.82, 2.24) is 19.8 Å². The van der Waals surface area contributed by atoms with Crippen molar-refractivity contribution in [1.29, 1.82) is 0 Å². The minimum atomic E-state index is -0.281.